The van der Waals surface area contributed by atoms with Crippen LogP contribution in [-0.4, -0.2) is 22.0 Å². The van der Waals surface area contributed by atoms with Crippen LogP contribution in [0.1, 0.15) is 22.2 Å². The van der Waals surface area contributed by atoms with Crippen LogP contribution in [0.2, 0.25) is 0 Å². The van der Waals surface area contributed by atoms with Crippen molar-refractivity contribution in [2.24, 2.45) is 0 Å². The summed E-state index contributed by atoms with van der Waals surface area (Å²) in [6.07, 6.45) is 0. The van der Waals surface area contributed by atoms with Crippen LogP contribution in [-0.2, 0) is 4.79 Å². The molecule has 0 bridgehead atoms. The molecular weight excluding hydrogens is 264 g/mol. The number of nitrogens with one attached hydrogen (secondary N) is 1. The molecule has 0 atom stereocenters. The van der Waals surface area contributed by atoms with E-state index < -0.39 is 5.97 Å². The first kappa shape index (κ1) is 13.2. The Morgan fingerprint density at radius 2 is 1.89 bits per heavy atom. The lowest BCUT2D eigenvalue weighted by molar-refractivity contribution is -0.114. The Morgan fingerprint density at radius 3 is 2.42 bits per heavy atom. The summed E-state index contributed by atoms with van der Waals surface area (Å²) in [6, 6.07) is 7.60. The first-order valence-electron chi connectivity index (χ1n) is 5.56. The van der Waals surface area contributed by atoms with Crippen LogP contribution < -0.4 is 5.32 Å². The molecule has 98 valence electrons. The number of benzene rings is 1. The Balaban J connectivity index is 2.45. The lowest BCUT2D eigenvalue weighted by Crippen LogP contribution is -2.09. The minimum atomic E-state index is -1.10. The number of aryl methyl sites for hydroxylation is 1. The molecule has 0 radical (unpaired) electrons. The van der Waals surface area contributed by atoms with Gasteiger partial charge in [0.2, 0.25) is 5.91 Å². The molecule has 1 heterocycles. The number of nitrogens with zero attached hydrogens (tertiary/aromatic N) is 1. The van der Waals surface area contributed by atoms with Crippen LogP contribution in [0.25, 0.3) is 10.6 Å². The number of carboxylic acids is 1. The van der Waals surface area contributed by atoms with E-state index in [0.29, 0.717) is 5.01 Å². The van der Waals surface area contributed by atoms with Crippen molar-refractivity contribution in [3.8, 4) is 10.6 Å². The molecule has 1 amide bonds. The summed E-state index contributed by atoms with van der Waals surface area (Å²) in [4.78, 5) is 26.4. The number of amides is 1. The van der Waals surface area contributed by atoms with Gasteiger partial charge in [-0.05, 0) is 6.92 Å². The van der Waals surface area contributed by atoms with Crippen molar-refractivity contribution >= 4 is 29.0 Å². The van der Waals surface area contributed by atoms with Gasteiger partial charge in [-0.3, -0.25) is 4.79 Å². The van der Waals surface area contributed by atoms with Crippen molar-refractivity contribution in [1.29, 1.82) is 0 Å². The van der Waals surface area contributed by atoms with Gasteiger partial charge < -0.3 is 10.4 Å². The highest BCUT2D eigenvalue weighted by Crippen LogP contribution is 2.31. The molecule has 2 aromatic rings. The second kappa shape index (κ2) is 5.19. The van der Waals surface area contributed by atoms with E-state index in [1.54, 1.807) is 0 Å². The fraction of sp³-hybridized carbons (Fsp3) is 0.154. The van der Waals surface area contributed by atoms with Crippen LogP contribution in [0.5, 0.6) is 0 Å². The second-order valence-electron chi connectivity index (χ2n) is 4.05. The topological polar surface area (TPSA) is 79.3 Å². The zero-order valence-corrected chi connectivity index (χ0v) is 11.2. The number of carboxylic acid groups (broad SMARTS) is 1. The maximum atomic E-state index is 11.1. The smallest absolute Gasteiger partial charge is 0.349 e. The van der Waals surface area contributed by atoms with Crippen molar-refractivity contribution < 1.29 is 14.7 Å². The van der Waals surface area contributed by atoms with E-state index >= 15 is 0 Å². The zero-order chi connectivity index (χ0) is 14.0. The molecule has 19 heavy (non-hydrogen) atoms. The number of anilines is 1. The molecule has 0 aliphatic rings. The number of hydrogen-bond acceptors (Lipinski definition) is 4. The number of aromatic carboxylic acids is 1. The van der Waals surface area contributed by atoms with Crippen LogP contribution >= 0.6 is 11.3 Å². The lowest BCUT2D eigenvalue weighted by atomic mass is 10.2. The minimum absolute atomic E-state index is 0.0331. The second-order valence-corrected chi connectivity index (χ2v) is 5.05. The highest BCUT2D eigenvalue weighted by Gasteiger charge is 2.18. The summed E-state index contributed by atoms with van der Waals surface area (Å²) < 4.78 is 0. The Labute approximate surface area is 113 Å². The molecule has 2 rings (SSSR count). The molecule has 0 aliphatic carbocycles. The van der Waals surface area contributed by atoms with Crippen molar-refractivity contribution in [2.45, 2.75) is 13.8 Å². The van der Waals surface area contributed by atoms with Gasteiger partial charge in [-0.15, -0.1) is 11.3 Å². The fourth-order valence-corrected chi connectivity index (χ4v) is 2.40. The minimum Gasteiger partial charge on any atom is -0.477 e. The average molecular weight is 276 g/mol. The van der Waals surface area contributed by atoms with Crippen molar-refractivity contribution in [3.05, 3.63) is 34.7 Å². The Morgan fingerprint density at radius 1 is 1.26 bits per heavy atom. The fourth-order valence-electron chi connectivity index (χ4n) is 1.54. The first-order chi connectivity index (χ1) is 8.97. The summed E-state index contributed by atoms with van der Waals surface area (Å²) in [7, 11) is 0. The number of thiazole rings is 1. The Hall–Kier alpha value is -2.21. The summed E-state index contributed by atoms with van der Waals surface area (Å²) in [5, 5.41) is 12.1. The van der Waals surface area contributed by atoms with E-state index in [4.69, 9.17) is 5.11 Å². The van der Waals surface area contributed by atoms with E-state index in [0.717, 1.165) is 22.5 Å². The van der Waals surface area contributed by atoms with Crippen LogP contribution in [0.15, 0.2) is 24.3 Å². The molecule has 0 saturated carbocycles. The molecule has 2 N–H and O–H groups in total. The summed E-state index contributed by atoms with van der Waals surface area (Å²) in [5.74, 6) is -1.34. The van der Waals surface area contributed by atoms with Gasteiger partial charge in [-0.25, -0.2) is 9.78 Å². The van der Waals surface area contributed by atoms with E-state index in [-0.39, 0.29) is 16.6 Å². The predicted molar refractivity (Wildman–Crippen MR) is 73.6 cm³/mol. The third kappa shape index (κ3) is 2.97. The quantitative estimate of drug-likeness (QED) is 0.903. The standard InChI is InChI=1S/C13H12N2O3S/c1-7-3-5-9(6-4-7)12-15-11(14-8(2)16)10(19-12)13(17)18/h3-6H,1-2H3,(H,14,16)(H,17,18). The summed E-state index contributed by atoms with van der Waals surface area (Å²) >= 11 is 1.04. The summed E-state index contributed by atoms with van der Waals surface area (Å²) in [6.45, 7) is 3.29. The van der Waals surface area contributed by atoms with Crippen molar-refractivity contribution in [3.63, 3.8) is 0 Å². The van der Waals surface area contributed by atoms with Gasteiger partial charge in [-0.2, -0.15) is 0 Å². The average Bonchev–Trinajstić information content (AvgIpc) is 2.73. The maximum Gasteiger partial charge on any atom is 0.349 e. The van der Waals surface area contributed by atoms with Gasteiger partial charge >= 0.3 is 5.97 Å². The number of carbonyl (C=O) groups excluding carboxylic acids is 1. The van der Waals surface area contributed by atoms with Gasteiger partial charge in [0.25, 0.3) is 0 Å². The number of rotatable bonds is 3. The molecule has 6 heteroatoms. The molecular formula is C13H12N2O3S. The van der Waals surface area contributed by atoms with E-state index in [1.165, 1.54) is 6.92 Å². The van der Waals surface area contributed by atoms with Crippen LogP contribution in [0.4, 0.5) is 5.82 Å². The third-order valence-corrected chi connectivity index (χ3v) is 3.51. The molecule has 5 nitrogen and oxygen atoms in total. The van der Waals surface area contributed by atoms with Crippen molar-refractivity contribution in [2.75, 3.05) is 5.32 Å². The molecule has 1 aromatic heterocycles. The number of aromatic nitrogens is 1. The van der Waals surface area contributed by atoms with Crippen LogP contribution in [0.3, 0.4) is 0 Å². The van der Waals surface area contributed by atoms with Gasteiger partial charge in [-0.1, -0.05) is 29.8 Å². The zero-order valence-electron chi connectivity index (χ0n) is 10.4. The van der Waals surface area contributed by atoms with Gasteiger partial charge in [0.05, 0.1) is 0 Å². The molecule has 0 spiro atoms. The van der Waals surface area contributed by atoms with Crippen LogP contribution in [0, 0.1) is 6.92 Å². The Kier molecular flexibility index (Phi) is 3.62. The highest BCUT2D eigenvalue weighted by molar-refractivity contribution is 7.17. The van der Waals surface area contributed by atoms with E-state index in [2.05, 4.69) is 10.3 Å². The first-order valence-corrected chi connectivity index (χ1v) is 6.38. The molecule has 0 saturated heterocycles. The van der Waals surface area contributed by atoms with E-state index in [9.17, 15) is 9.59 Å². The molecule has 1 aromatic carbocycles. The lowest BCUT2D eigenvalue weighted by Gasteiger charge is -1.97. The Bertz CT molecular complexity index is 632. The highest BCUT2D eigenvalue weighted by atomic mass is 32.1. The normalized spacial score (nSPS) is 10.2. The van der Waals surface area contributed by atoms with Crippen molar-refractivity contribution in [1.82, 2.24) is 4.98 Å². The van der Waals surface area contributed by atoms with Gasteiger partial charge in [0.15, 0.2) is 10.7 Å². The summed E-state index contributed by atoms with van der Waals surface area (Å²) in [5.41, 5.74) is 1.94. The molecule has 0 fully saturated rings. The molecule has 0 aliphatic heterocycles. The molecule has 0 unspecified atom stereocenters. The third-order valence-electron chi connectivity index (χ3n) is 2.41. The number of hydrogen-bond donors (Lipinski definition) is 2. The van der Waals surface area contributed by atoms with E-state index in [1.807, 2.05) is 31.2 Å². The largest absolute Gasteiger partial charge is 0.477 e. The maximum absolute atomic E-state index is 11.1. The van der Waals surface area contributed by atoms with Gasteiger partial charge in [0.1, 0.15) is 5.01 Å². The SMILES string of the molecule is CC(=O)Nc1nc(-c2ccc(C)cc2)sc1C(=O)O. The monoisotopic (exact) mass is 276 g/mol. The van der Waals surface area contributed by atoms with Gasteiger partial charge in [0, 0.05) is 12.5 Å². The number of carbonyl (C=O) groups is 2. The predicted octanol–water partition coefficient (Wildman–Crippen LogP) is 2.78.